The highest BCUT2D eigenvalue weighted by Crippen LogP contribution is 2.39. The third-order valence-electron chi connectivity index (χ3n) is 6.62. The first-order valence-electron chi connectivity index (χ1n) is 10.7. The van der Waals surface area contributed by atoms with Crippen molar-refractivity contribution in [2.45, 2.75) is 45.2 Å². The zero-order chi connectivity index (χ0) is 19.5. The molecule has 0 aromatic heterocycles. The van der Waals surface area contributed by atoms with Gasteiger partial charge >= 0.3 is 0 Å². The molecule has 2 fully saturated rings. The molecule has 2 aromatic rings. The summed E-state index contributed by atoms with van der Waals surface area (Å²) in [6, 6.07) is 21.3. The highest BCUT2D eigenvalue weighted by atomic mass is 16.2. The van der Waals surface area contributed by atoms with Crippen molar-refractivity contribution < 1.29 is 4.79 Å². The Morgan fingerprint density at radius 1 is 1.00 bits per heavy atom. The normalized spacial score (nSPS) is 25.6. The lowest BCUT2D eigenvalue weighted by Gasteiger charge is -2.26. The minimum absolute atomic E-state index is 0.0675. The van der Waals surface area contributed by atoms with E-state index in [-0.39, 0.29) is 17.7 Å². The van der Waals surface area contributed by atoms with Crippen molar-refractivity contribution in [3.05, 3.63) is 71.8 Å². The molecule has 0 bridgehead atoms. The molecule has 1 amide bonds. The molecule has 0 radical (unpaired) electrons. The molecular formula is C25H32N2O. The second-order valence-corrected chi connectivity index (χ2v) is 8.93. The molecule has 1 aliphatic heterocycles. The van der Waals surface area contributed by atoms with Crippen LogP contribution in [0, 0.1) is 17.8 Å². The third kappa shape index (κ3) is 4.15. The van der Waals surface area contributed by atoms with Crippen molar-refractivity contribution in [2.75, 3.05) is 13.1 Å². The number of fused-ring (bicyclic) bond motifs is 1. The van der Waals surface area contributed by atoms with Gasteiger partial charge in [-0.15, -0.1) is 0 Å². The van der Waals surface area contributed by atoms with Gasteiger partial charge in [0.05, 0.1) is 5.92 Å². The van der Waals surface area contributed by atoms with Gasteiger partial charge in [-0.25, -0.2) is 0 Å². The Labute approximate surface area is 169 Å². The Morgan fingerprint density at radius 3 is 2.36 bits per heavy atom. The molecule has 0 spiro atoms. The largest absolute Gasteiger partial charge is 0.352 e. The van der Waals surface area contributed by atoms with E-state index >= 15 is 0 Å². The average Bonchev–Trinajstić information content (AvgIpc) is 3.24. The first kappa shape index (κ1) is 19.2. The first-order valence-corrected chi connectivity index (χ1v) is 10.7. The highest BCUT2D eigenvalue weighted by molar-refractivity contribution is 5.84. The van der Waals surface area contributed by atoms with Gasteiger partial charge < -0.3 is 5.32 Å². The van der Waals surface area contributed by atoms with E-state index in [1.54, 1.807) is 0 Å². The lowest BCUT2D eigenvalue weighted by Crippen LogP contribution is -2.43. The molecule has 1 aliphatic carbocycles. The molecule has 4 atom stereocenters. The predicted octanol–water partition coefficient (Wildman–Crippen LogP) is 4.45. The van der Waals surface area contributed by atoms with E-state index < -0.39 is 0 Å². The second kappa shape index (κ2) is 8.48. The molecule has 3 nitrogen and oxygen atoms in total. The summed E-state index contributed by atoms with van der Waals surface area (Å²) in [4.78, 5) is 15.7. The Balaban J connectivity index is 1.39. The van der Waals surface area contributed by atoms with Gasteiger partial charge in [-0.3, -0.25) is 9.69 Å². The number of nitrogens with one attached hydrogen (secondary N) is 1. The fourth-order valence-electron chi connectivity index (χ4n) is 5.28. The first-order chi connectivity index (χ1) is 13.6. The monoisotopic (exact) mass is 376 g/mol. The molecule has 3 heteroatoms. The van der Waals surface area contributed by atoms with Crippen LogP contribution in [0.3, 0.4) is 0 Å². The summed E-state index contributed by atoms with van der Waals surface area (Å²) in [7, 11) is 0. The van der Waals surface area contributed by atoms with Gasteiger partial charge in [0.15, 0.2) is 0 Å². The summed E-state index contributed by atoms with van der Waals surface area (Å²) in [5.74, 6) is 1.74. The van der Waals surface area contributed by atoms with Crippen molar-refractivity contribution in [3.8, 4) is 0 Å². The molecule has 1 heterocycles. The van der Waals surface area contributed by atoms with Crippen LogP contribution in [0.4, 0.5) is 0 Å². The fraction of sp³-hybridized carbons (Fsp3) is 0.480. The number of likely N-dealkylation sites (tertiary alicyclic amines) is 1. The van der Waals surface area contributed by atoms with Crippen LogP contribution < -0.4 is 5.32 Å². The standard InChI is InChI=1S/C25H32N2O/c1-18(2)24(20-11-7-4-8-12-20)25(28)26-23-14-13-21-16-27(17-22(21)23)15-19-9-5-3-6-10-19/h3-12,18,21-24H,13-17H2,1-2H3,(H,26,28)/t21-,22+,23+,24?/m1/s1. The SMILES string of the molecule is CC(C)C(C(=O)N[C@H]1CC[C@@H]2CN(Cc3ccccc3)C[C@@H]21)c1ccccc1. The van der Waals surface area contributed by atoms with E-state index in [0.29, 0.717) is 12.0 Å². The van der Waals surface area contributed by atoms with Gasteiger partial charge in [-0.05, 0) is 41.7 Å². The number of hydrogen-bond acceptors (Lipinski definition) is 2. The average molecular weight is 377 g/mol. The summed E-state index contributed by atoms with van der Waals surface area (Å²) in [5.41, 5.74) is 2.51. The number of nitrogens with zero attached hydrogens (tertiary/aromatic N) is 1. The topological polar surface area (TPSA) is 32.3 Å². The Morgan fingerprint density at radius 2 is 1.68 bits per heavy atom. The molecule has 4 rings (SSSR count). The summed E-state index contributed by atoms with van der Waals surface area (Å²) in [6.45, 7) is 7.57. The zero-order valence-electron chi connectivity index (χ0n) is 17.1. The van der Waals surface area contributed by atoms with E-state index in [4.69, 9.17) is 0 Å². The van der Waals surface area contributed by atoms with Crippen molar-refractivity contribution >= 4 is 5.91 Å². The maximum Gasteiger partial charge on any atom is 0.228 e. The Kier molecular flexibility index (Phi) is 5.82. The van der Waals surface area contributed by atoms with E-state index in [0.717, 1.165) is 37.5 Å². The minimum atomic E-state index is -0.0675. The van der Waals surface area contributed by atoms with Gasteiger partial charge in [0.25, 0.3) is 0 Å². The van der Waals surface area contributed by atoms with Crippen LogP contribution in [0.1, 0.15) is 43.7 Å². The van der Waals surface area contributed by atoms with Gasteiger partial charge in [0.2, 0.25) is 5.91 Å². The lowest BCUT2D eigenvalue weighted by molar-refractivity contribution is -0.124. The van der Waals surface area contributed by atoms with Crippen LogP contribution in [0.2, 0.25) is 0 Å². The van der Waals surface area contributed by atoms with Gasteiger partial charge in [0.1, 0.15) is 0 Å². The fourth-order valence-corrected chi connectivity index (χ4v) is 5.28. The van der Waals surface area contributed by atoms with Gasteiger partial charge in [-0.1, -0.05) is 74.5 Å². The quantitative estimate of drug-likeness (QED) is 0.808. The Bertz CT molecular complexity index is 774. The van der Waals surface area contributed by atoms with Crippen molar-refractivity contribution in [1.29, 1.82) is 0 Å². The second-order valence-electron chi connectivity index (χ2n) is 8.93. The highest BCUT2D eigenvalue weighted by Gasteiger charge is 2.43. The maximum absolute atomic E-state index is 13.2. The smallest absolute Gasteiger partial charge is 0.228 e. The molecule has 1 unspecified atom stereocenters. The maximum atomic E-state index is 13.2. The summed E-state index contributed by atoms with van der Waals surface area (Å²) >= 11 is 0. The van der Waals surface area contributed by atoms with Gasteiger partial charge in [-0.2, -0.15) is 0 Å². The van der Waals surface area contributed by atoms with Crippen LogP contribution in [0.5, 0.6) is 0 Å². The zero-order valence-corrected chi connectivity index (χ0v) is 17.1. The molecule has 2 aliphatic rings. The number of rotatable bonds is 6. The summed E-state index contributed by atoms with van der Waals surface area (Å²) in [5, 5.41) is 3.45. The molecule has 28 heavy (non-hydrogen) atoms. The van der Waals surface area contributed by atoms with Crippen LogP contribution in [-0.4, -0.2) is 29.9 Å². The van der Waals surface area contributed by atoms with Crippen LogP contribution in [-0.2, 0) is 11.3 Å². The molecule has 1 N–H and O–H groups in total. The van der Waals surface area contributed by atoms with E-state index in [1.165, 1.54) is 12.0 Å². The number of amides is 1. The number of hydrogen-bond donors (Lipinski definition) is 1. The molecule has 148 valence electrons. The number of carbonyl (C=O) groups is 1. The Hall–Kier alpha value is -2.13. The predicted molar refractivity (Wildman–Crippen MR) is 114 cm³/mol. The van der Waals surface area contributed by atoms with Crippen molar-refractivity contribution in [2.24, 2.45) is 17.8 Å². The van der Waals surface area contributed by atoms with Crippen LogP contribution in [0.25, 0.3) is 0 Å². The minimum Gasteiger partial charge on any atom is -0.352 e. The third-order valence-corrected chi connectivity index (χ3v) is 6.62. The summed E-state index contributed by atoms with van der Waals surface area (Å²) < 4.78 is 0. The van der Waals surface area contributed by atoms with Crippen molar-refractivity contribution in [1.82, 2.24) is 10.2 Å². The summed E-state index contributed by atoms with van der Waals surface area (Å²) in [6.07, 6.45) is 2.36. The molecule has 2 aromatic carbocycles. The molecule has 1 saturated carbocycles. The van der Waals surface area contributed by atoms with E-state index in [2.05, 4.69) is 66.5 Å². The molecule has 1 saturated heterocycles. The number of carbonyl (C=O) groups excluding carboxylic acids is 1. The molecular weight excluding hydrogens is 344 g/mol. The van der Waals surface area contributed by atoms with Gasteiger partial charge in [0, 0.05) is 25.7 Å². The van der Waals surface area contributed by atoms with E-state index in [1.807, 2.05) is 18.2 Å². The van der Waals surface area contributed by atoms with Crippen LogP contribution in [0.15, 0.2) is 60.7 Å². The van der Waals surface area contributed by atoms with Crippen molar-refractivity contribution in [3.63, 3.8) is 0 Å². The lowest BCUT2D eigenvalue weighted by atomic mass is 9.87. The van der Waals surface area contributed by atoms with E-state index in [9.17, 15) is 4.79 Å². The number of benzene rings is 2. The van der Waals surface area contributed by atoms with Crippen LogP contribution >= 0.6 is 0 Å².